The zero-order valence-electron chi connectivity index (χ0n) is 16.7. The van der Waals surface area contributed by atoms with Gasteiger partial charge in [0, 0.05) is 24.7 Å². The van der Waals surface area contributed by atoms with Crippen molar-refractivity contribution in [1.29, 1.82) is 0 Å². The number of non-ortho nitro benzene ring substituents is 1. The van der Waals surface area contributed by atoms with E-state index < -0.39 is 11.0 Å². The van der Waals surface area contributed by atoms with Gasteiger partial charge >= 0.3 is 0 Å². The van der Waals surface area contributed by atoms with Gasteiger partial charge in [-0.1, -0.05) is 12.1 Å². The number of nitro groups is 1. The molecule has 2 heterocycles. The highest BCUT2D eigenvalue weighted by molar-refractivity contribution is 6.11. The first-order valence-electron chi connectivity index (χ1n) is 9.56. The van der Waals surface area contributed by atoms with Gasteiger partial charge < -0.3 is 19.3 Å². The quantitative estimate of drug-likeness (QED) is 0.554. The Morgan fingerprint density at radius 2 is 1.77 bits per heavy atom. The fourth-order valence-corrected chi connectivity index (χ4v) is 4.05. The zero-order chi connectivity index (χ0) is 21.4. The minimum absolute atomic E-state index is 0.0232. The monoisotopic (exact) mass is 411 g/mol. The van der Waals surface area contributed by atoms with Crippen LogP contribution in [0.5, 0.6) is 11.5 Å². The molecule has 2 amide bonds. The van der Waals surface area contributed by atoms with E-state index in [-0.39, 0.29) is 24.0 Å². The van der Waals surface area contributed by atoms with Gasteiger partial charge in [0.25, 0.3) is 11.6 Å². The molecule has 0 spiro atoms. The summed E-state index contributed by atoms with van der Waals surface area (Å²) in [6, 6.07) is 8.75. The molecule has 0 unspecified atom stereocenters. The molecule has 2 aliphatic rings. The van der Waals surface area contributed by atoms with Crippen LogP contribution < -0.4 is 14.4 Å². The van der Waals surface area contributed by atoms with Gasteiger partial charge in [-0.15, -0.1) is 0 Å². The lowest BCUT2D eigenvalue weighted by atomic mass is 10.1. The van der Waals surface area contributed by atoms with Crippen LogP contribution in [0, 0.1) is 10.1 Å². The molecule has 0 saturated carbocycles. The van der Waals surface area contributed by atoms with Gasteiger partial charge in [-0.3, -0.25) is 19.7 Å². The molecule has 0 bridgehead atoms. The highest BCUT2D eigenvalue weighted by Gasteiger charge is 2.42. The Bertz CT molecular complexity index is 1020. The Morgan fingerprint density at radius 3 is 2.40 bits per heavy atom. The summed E-state index contributed by atoms with van der Waals surface area (Å²) in [6.07, 6.45) is 1.36. The number of anilines is 1. The number of carbonyl (C=O) groups excluding carboxylic acids is 2. The molecule has 0 aromatic heterocycles. The van der Waals surface area contributed by atoms with Crippen molar-refractivity contribution in [3.63, 3.8) is 0 Å². The van der Waals surface area contributed by atoms with E-state index >= 15 is 0 Å². The third-order valence-corrected chi connectivity index (χ3v) is 5.58. The van der Waals surface area contributed by atoms with Crippen molar-refractivity contribution in [2.75, 3.05) is 25.7 Å². The second-order valence-corrected chi connectivity index (χ2v) is 7.23. The van der Waals surface area contributed by atoms with E-state index in [0.29, 0.717) is 41.3 Å². The maximum absolute atomic E-state index is 13.4. The SMILES string of the molecule is COc1cc2c(cc1OC)N(Cc1ccc([N+](=O)[O-])cc1)C(=O)[C@@H]1CCCN1C2=O. The Morgan fingerprint density at radius 1 is 1.10 bits per heavy atom. The molecule has 9 nitrogen and oxygen atoms in total. The summed E-state index contributed by atoms with van der Waals surface area (Å²) in [4.78, 5) is 40.3. The predicted octanol–water partition coefficient (Wildman–Crippen LogP) is 2.76. The number of hydrogen-bond donors (Lipinski definition) is 0. The summed E-state index contributed by atoms with van der Waals surface area (Å²) in [5.74, 6) is 0.427. The van der Waals surface area contributed by atoms with E-state index in [1.165, 1.54) is 26.4 Å². The number of amides is 2. The Labute approximate surface area is 172 Å². The molecule has 30 heavy (non-hydrogen) atoms. The number of fused-ring (bicyclic) bond motifs is 2. The minimum atomic E-state index is -0.528. The molecule has 156 valence electrons. The van der Waals surface area contributed by atoms with Crippen LogP contribution in [0.15, 0.2) is 36.4 Å². The molecule has 0 aliphatic carbocycles. The average molecular weight is 411 g/mol. The van der Waals surface area contributed by atoms with Gasteiger partial charge in [0.1, 0.15) is 6.04 Å². The smallest absolute Gasteiger partial charge is 0.269 e. The zero-order valence-corrected chi connectivity index (χ0v) is 16.7. The summed E-state index contributed by atoms with van der Waals surface area (Å²) < 4.78 is 10.7. The number of rotatable bonds is 5. The molecular weight excluding hydrogens is 390 g/mol. The summed E-state index contributed by atoms with van der Waals surface area (Å²) in [7, 11) is 2.98. The maximum atomic E-state index is 13.4. The molecule has 2 aliphatic heterocycles. The van der Waals surface area contributed by atoms with Crippen molar-refractivity contribution < 1.29 is 24.0 Å². The van der Waals surface area contributed by atoms with Crippen LogP contribution >= 0.6 is 0 Å². The van der Waals surface area contributed by atoms with Crippen LogP contribution in [0.2, 0.25) is 0 Å². The number of carbonyl (C=O) groups is 2. The summed E-state index contributed by atoms with van der Waals surface area (Å²) in [5.41, 5.74) is 1.50. The standard InChI is InChI=1S/C21H21N3O6/c1-29-18-10-15-17(11-19(18)30-2)23(12-13-5-7-14(8-6-13)24(27)28)21(26)16-4-3-9-22(16)20(15)25/h5-8,10-11,16H,3-4,9,12H2,1-2H3/t16-/m0/s1. The molecule has 0 N–H and O–H groups in total. The maximum Gasteiger partial charge on any atom is 0.269 e. The van der Waals surface area contributed by atoms with Crippen molar-refractivity contribution in [3.05, 3.63) is 57.6 Å². The van der Waals surface area contributed by atoms with E-state index in [1.54, 1.807) is 34.1 Å². The van der Waals surface area contributed by atoms with Crippen molar-refractivity contribution in [2.24, 2.45) is 0 Å². The van der Waals surface area contributed by atoms with Crippen molar-refractivity contribution in [1.82, 2.24) is 4.90 Å². The number of hydrogen-bond acceptors (Lipinski definition) is 6. The molecule has 2 aromatic rings. The molecular formula is C21H21N3O6. The van der Waals surface area contributed by atoms with Crippen molar-refractivity contribution in [3.8, 4) is 11.5 Å². The van der Waals surface area contributed by atoms with E-state index in [9.17, 15) is 19.7 Å². The minimum Gasteiger partial charge on any atom is -0.493 e. The lowest BCUT2D eigenvalue weighted by Crippen LogP contribution is -2.44. The van der Waals surface area contributed by atoms with Crippen LogP contribution in [0.1, 0.15) is 28.8 Å². The normalized spacial score (nSPS) is 18.0. The van der Waals surface area contributed by atoms with Gasteiger partial charge in [0.15, 0.2) is 11.5 Å². The van der Waals surface area contributed by atoms with E-state index in [2.05, 4.69) is 0 Å². The Balaban J connectivity index is 1.81. The fourth-order valence-electron chi connectivity index (χ4n) is 4.05. The van der Waals surface area contributed by atoms with Gasteiger partial charge in [0.2, 0.25) is 5.91 Å². The van der Waals surface area contributed by atoms with Crippen LogP contribution in [-0.4, -0.2) is 48.4 Å². The molecule has 4 rings (SSSR count). The molecule has 2 aromatic carbocycles. The van der Waals surface area contributed by atoms with Gasteiger partial charge in [0.05, 0.1) is 36.9 Å². The highest BCUT2D eigenvalue weighted by Crippen LogP contribution is 2.40. The summed E-state index contributed by atoms with van der Waals surface area (Å²) >= 11 is 0. The van der Waals surface area contributed by atoms with Crippen LogP contribution in [0.4, 0.5) is 11.4 Å². The molecule has 1 atom stereocenters. The fraction of sp³-hybridized carbons (Fsp3) is 0.333. The second kappa shape index (κ2) is 7.66. The third kappa shape index (κ3) is 3.22. The lowest BCUT2D eigenvalue weighted by Gasteiger charge is -2.26. The van der Waals surface area contributed by atoms with Crippen molar-refractivity contribution in [2.45, 2.75) is 25.4 Å². The van der Waals surface area contributed by atoms with Gasteiger partial charge in [-0.2, -0.15) is 0 Å². The molecule has 9 heteroatoms. The first-order valence-corrected chi connectivity index (χ1v) is 9.56. The highest BCUT2D eigenvalue weighted by atomic mass is 16.6. The topological polar surface area (TPSA) is 102 Å². The Hall–Kier alpha value is -3.62. The molecule has 0 radical (unpaired) electrons. The summed E-state index contributed by atoms with van der Waals surface area (Å²) in [5, 5.41) is 10.9. The number of methoxy groups -OCH3 is 2. The first kappa shape index (κ1) is 19.7. The average Bonchev–Trinajstić information content (AvgIpc) is 3.23. The van der Waals surface area contributed by atoms with Crippen LogP contribution in [-0.2, 0) is 11.3 Å². The number of nitro benzene ring substituents is 1. The van der Waals surface area contributed by atoms with Crippen LogP contribution in [0.25, 0.3) is 0 Å². The van der Waals surface area contributed by atoms with E-state index in [0.717, 1.165) is 6.42 Å². The summed E-state index contributed by atoms with van der Waals surface area (Å²) in [6.45, 7) is 0.700. The largest absolute Gasteiger partial charge is 0.493 e. The Kier molecular flexibility index (Phi) is 5.03. The van der Waals surface area contributed by atoms with Crippen molar-refractivity contribution >= 4 is 23.2 Å². The van der Waals surface area contributed by atoms with E-state index in [4.69, 9.17) is 9.47 Å². The number of nitrogens with zero attached hydrogens (tertiary/aromatic N) is 3. The van der Waals surface area contributed by atoms with Crippen LogP contribution in [0.3, 0.4) is 0 Å². The number of benzene rings is 2. The van der Waals surface area contributed by atoms with Gasteiger partial charge in [-0.05, 0) is 24.5 Å². The predicted molar refractivity (Wildman–Crippen MR) is 108 cm³/mol. The van der Waals surface area contributed by atoms with E-state index in [1.807, 2.05) is 0 Å². The molecule has 1 fully saturated rings. The first-order chi connectivity index (χ1) is 14.4. The van der Waals surface area contributed by atoms with Gasteiger partial charge in [-0.25, -0.2) is 0 Å². The third-order valence-electron chi connectivity index (χ3n) is 5.58. The molecule has 1 saturated heterocycles. The second-order valence-electron chi connectivity index (χ2n) is 7.23. The lowest BCUT2D eigenvalue weighted by molar-refractivity contribution is -0.384. The number of ether oxygens (including phenoxy) is 2.